The summed E-state index contributed by atoms with van der Waals surface area (Å²) in [5, 5.41) is 7.64. The van der Waals surface area contributed by atoms with Gasteiger partial charge in [0.15, 0.2) is 0 Å². The lowest BCUT2D eigenvalue weighted by atomic mass is 9.91. The van der Waals surface area contributed by atoms with Crippen LogP contribution in [0, 0.1) is 6.92 Å². The summed E-state index contributed by atoms with van der Waals surface area (Å²) in [5.74, 6) is 0.857. The van der Waals surface area contributed by atoms with E-state index in [9.17, 15) is 4.79 Å². The van der Waals surface area contributed by atoms with E-state index in [2.05, 4.69) is 20.4 Å². The molecule has 110 valence electrons. The van der Waals surface area contributed by atoms with Crippen LogP contribution in [0.3, 0.4) is 0 Å². The third-order valence-corrected chi connectivity index (χ3v) is 4.01. The minimum Gasteiger partial charge on any atom is -0.366 e. The summed E-state index contributed by atoms with van der Waals surface area (Å²) in [7, 11) is 0. The summed E-state index contributed by atoms with van der Waals surface area (Å²) in [4.78, 5) is 20.4. The number of hydrogen-bond acceptors (Lipinski definition) is 5. The summed E-state index contributed by atoms with van der Waals surface area (Å²) in [6.45, 7) is 1.95. The van der Waals surface area contributed by atoms with Crippen LogP contribution in [0.2, 0.25) is 0 Å². The van der Waals surface area contributed by atoms with Crippen molar-refractivity contribution in [3.63, 3.8) is 0 Å². The Kier molecular flexibility index (Phi) is 3.94. The molecule has 0 unspecified atom stereocenters. The molecular formula is C15H19N5O. The monoisotopic (exact) mass is 285 g/mol. The molecule has 0 aromatic carbocycles. The van der Waals surface area contributed by atoms with Gasteiger partial charge in [-0.1, -0.05) is 0 Å². The molecule has 0 bridgehead atoms. The van der Waals surface area contributed by atoms with Gasteiger partial charge >= 0.3 is 0 Å². The van der Waals surface area contributed by atoms with E-state index < -0.39 is 0 Å². The predicted octanol–water partition coefficient (Wildman–Crippen LogP) is 1.94. The Morgan fingerprint density at radius 2 is 1.90 bits per heavy atom. The molecule has 1 fully saturated rings. The molecule has 6 heteroatoms. The molecule has 0 amide bonds. The Labute approximate surface area is 123 Å². The van der Waals surface area contributed by atoms with E-state index in [1.807, 2.05) is 6.92 Å². The lowest BCUT2D eigenvalue weighted by molar-refractivity contribution is 0.303. The molecule has 1 aliphatic carbocycles. The average Bonchev–Trinajstić information content (AvgIpc) is 2.51. The Hall–Kier alpha value is -2.24. The second-order valence-corrected chi connectivity index (χ2v) is 5.45. The van der Waals surface area contributed by atoms with Gasteiger partial charge < -0.3 is 5.32 Å². The average molecular weight is 285 g/mol. The number of aromatic nitrogens is 4. The Bertz CT molecular complexity index is 661. The Morgan fingerprint density at radius 3 is 2.62 bits per heavy atom. The van der Waals surface area contributed by atoms with E-state index >= 15 is 0 Å². The smallest absolute Gasteiger partial charge is 0.266 e. The van der Waals surface area contributed by atoms with Gasteiger partial charge in [0.25, 0.3) is 5.56 Å². The zero-order valence-corrected chi connectivity index (χ0v) is 12.1. The molecule has 1 saturated carbocycles. The number of hydrogen-bond donors (Lipinski definition) is 1. The van der Waals surface area contributed by atoms with Gasteiger partial charge in [-0.05, 0) is 38.7 Å². The highest BCUT2D eigenvalue weighted by Gasteiger charge is 2.24. The number of nitrogens with zero attached hydrogens (tertiary/aromatic N) is 4. The van der Waals surface area contributed by atoms with Gasteiger partial charge in [0.05, 0.1) is 11.7 Å². The van der Waals surface area contributed by atoms with Crippen molar-refractivity contribution in [3.05, 3.63) is 46.8 Å². The predicted molar refractivity (Wildman–Crippen MR) is 80.2 cm³/mol. The second kappa shape index (κ2) is 6.03. The van der Waals surface area contributed by atoms with Crippen LogP contribution in [0.25, 0.3) is 0 Å². The van der Waals surface area contributed by atoms with Crippen LogP contribution < -0.4 is 10.9 Å². The highest BCUT2D eigenvalue weighted by molar-refractivity contribution is 5.39. The molecule has 0 saturated heterocycles. The first-order valence-corrected chi connectivity index (χ1v) is 7.32. The minimum absolute atomic E-state index is 0.0151. The molecule has 1 aliphatic rings. The van der Waals surface area contributed by atoms with Crippen LogP contribution >= 0.6 is 0 Å². The van der Waals surface area contributed by atoms with Gasteiger partial charge in [0, 0.05) is 30.7 Å². The SMILES string of the molecule is Cc1nccnc1NC1CCC(n2ncccc2=O)CC1. The minimum atomic E-state index is -0.0151. The molecule has 0 atom stereocenters. The molecule has 0 aliphatic heterocycles. The van der Waals surface area contributed by atoms with Gasteiger partial charge in [0.1, 0.15) is 5.82 Å². The van der Waals surface area contributed by atoms with Crippen LogP contribution in [-0.2, 0) is 0 Å². The van der Waals surface area contributed by atoms with E-state index in [0.717, 1.165) is 37.2 Å². The maximum absolute atomic E-state index is 11.8. The first-order chi connectivity index (χ1) is 10.2. The van der Waals surface area contributed by atoms with Crippen molar-refractivity contribution >= 4 is 5.82 Å². The van der Waals surface area contributed by atoms with Crippen molar-refractivity contribution in [2.24, 2.45) is 0 Å². The molecular weight excluding hydrogens is 266 g/mol. The highest BCUT2D eigenvalue weighted by Crippen LogP contribution is 2.28. The van der Waals surface area contributed by atoms with Crippen LogP contribution in [0.1, 0.15) is 37.4 Å². The molecule has 2 aromatic heterocycles. The maximum Gasteiger partial charge on any atom is 0.266 e. The molecule has 1 N–H and O–H groups in total. The van der Waals surface area contributed by atoms with E-state index in [-0.39, 0.29) is 11.6 Å². The fourth-order valence-corrected chi connectivity index (χ4v) is 2.85. The quantitative estimate of drug-likeness (QED) is 0.933. The number of rotatable bonds is 3. The number of aryl methyl sites for hydroxylation is 1. The van der Waals surface area contributed by atoms with Crippen molar-refractivity contribution in [3.8, 4) is 0 Å². The fourth-order valence-electron chi connectivity index (χ4n) is 2.85. The van der Waals surface area contributed by atoms with Crippen molar-refractivity contribution in [1.82, 2.24) is 19.7 Å². The number of nitrogens with one attached hydrogen (secondary N) is 1. The highest BCUT2D eigenvalue weighted by atomic mass is 16.1. The van der Waals surface area contributed by atoms with Crippen LogP contribution in [-0.4, -0.2) is 25.8 Å². The molecule has 21 heavy (non-hydrogen) atoms. The molecule has 6 nitrogen and oxygen atoms in total. The lowest BCUT2D eigenvalue weighted by Gasteiger charge is -2.29. The second-order valence-electron chi connectivity index (χ2n) is 5.45. The first-order valence-electron chi connectivity index (χ1n) is 7.32. The largest absolute Gasteiger partial charge is 0.366 e. The van der Waals surface area contributed by atoms with Gasteiger partial charge in [-0.2, -0.15) is 5.10 Å². The third-order valence-electron chi connectivity index (χ3n) is 4.01. The van der Waals surface area contributed by atoms with Crippen molar-refractivity contribution in [1.29, 1.82) is 0 Å². The molecule has 0 radical (unpaired) electrons. The normalized spacial score (nSPS) is 22.0. The Morgan fingerprint density at radius 1 is 1.14 bits per heavy atom. The summed E-state index contributed by atoms with van der Waals surface area (Å²) >= 11 is 0. The molecule has 2 aromatic rings. The van der Waals surface area contributed by atoms with Gasteiger partial charge in [0.2, 0.25) is 0 Å². The van der Waals surface area contributed by atoms with E-state index in [0.29, 0.717) is 6.04 Å². The third kappa shape index (κ3) is 3.09. The van der Waals surface area contributed by atoms with Crippen LogP contribution in [0.5, 0.6) is 0 Å². The first kappa shape index (κ1) is 13.7. The van der Waals surface area contributed by atoms with Crippen molar-refractivity contribution in [2.45, 2.75) is 44.7 Å². The van der Waals surface area contributed by atoms with E-state index in [1.165, 1.54) is 0 Å². The molecule has 3 rings (SSSR count). The summed E-state index contributed by atoms with van der Waals surface area (Å²) in [6.07, 6.45) is 8.99. The molecule has 2 heterocycles. The number of anilines is 1. The molecule has 0 spiro atoms. The standard InChI is InChI=1S/C15H19N5O/c1-11-15(17-10-9-16-11)19-12-4-6-13(7-5-12)20-14(21)3-2-8-18-20/h2-3,8-10,12-13H,4-7H2,1H3,(H,17,19). The topological polar surface area (TPSA) is 72.7 Å². The summed E-state index contributed by atoms with van der Waals surface area (Å²) in [5.41, 5.74) is 0.902. The zero-order valence-electron chi connectivity index (χ0n) is 12.1. The lowest BCUT2D eigenvalue weighted by Crippen LogP contribution is -2.33. The van der Waals surface area contributed by atoms with Gasteiger partial charge in [-0.3, -0.25) is 9.78 Å². The summed E-state index contributed by atoms with van der Waals surface area (Å²) < 4.78 is 1.61. The van der Waals surface area contributed by atoms with Crippen LogP contribution in [0.15, 0.2) is 35.5 Å². The fraction of sp³-hybridized carbons (Fsp3) is 0.467. The van der Waals surface area contributed by atoms with E-state index in [1.54, 1.807) is 35.4 Å². The van der Waals surface area contributed by atoms with Crippen molar-refractivity contribution in [2.75, 3.05) is 5.32 Å². The Balaban J connectivity index is 1.62. The zero-order chi connectivity index (χ0) is 14.7. The summed E-state index contributed by atoms with van der Waals surface area (Å²) in [6, 6.07) is 3.85. The van der Waals surface area contributed by atoms with Crippen LogP contribution in [0.4, 0.5) is 5.82 Å². The van der Waals surface area contributed by atoms with Crippen molar-refractivity contribution < 1.29 is 0 Å². The van der Waals surface area contributed by atoms with E-state index in [4.69, 9.17) is 0 Å². The maximum atomic E-state index is 11.8. The van der Waals surface area contributed by atoms with Gasteiger partial charge in [-0.25, -0.2) is 9.67 Å². The van der Waals surface area contributed by atoms with Gasteiger partial charge in [-0.15, -0.1) is 0 Å².